The normalized spacial score (nSPS) is 34.8. The van der Waals surface area contributed by atoms with Crippen molar-refractivity contribution in [3.05, 3.63) is 23.4 Å². The van der Waals surface area contributed by atoms with Crippen LogP contribution in [0.15, 0.2) is 12.1 Å². The number of hydrogen-bond donors (Lipinski definition) is 2. The molecule has 1 saturated heterocycles. The number of carboxylic acids is 1. The molecule has 6 heteroatoms. The molecule has 2 N–H and O–H groups in total. The van der Waals surface area contributed by atoms with Gasteiger partial charge in [0.2, 0.25) is 0 Å². The summed E-state index contributed by atoms with van der Waals surface area (Å²) in [6.45, 7) is 3.52. The van der Waals surface area contributed by atoms with E-state index in [1.807, 2.05) is 19.1 Å². The quantitative estimate of drug-likeness (QED) is 0.773. The fourth-order valence-electron chi connectivity index (χ4n) is 7.04. The third kappa shape index (κ3) is 3.81. The standard InChI is InChI=1S/C24H33N3O3/c1-14-20(4-5-21(25-14)27-6-2-3-15(13-27)12-22(28)29)24(30)26-23-18-8-16-7-17(10-18)11-19(23)9-16/h4-5,15-19,23H,2-3,6-13H2,1H3,(H,26,30)(H,28,29)/t15-,16?,17?,18?,19?,23?/m0/s1. The summed E-state index contributed by atoms with van der Waals surface area (Å²) in [6, 6.07) is 4.18. The molecule has 0 unspecified atom stereocenters. The molecule has 1 amide bonds. The van der Waals surface area contributed by atoms with Crippen LogP contribution in [0.3, 0.4) is 0 Å². The zero-order valence-corrected chi connectivity index (χ0v) is 17.8. The summed E-state index contributed by atoms with van der Waals surface area (Å²) in [5.41, 5.74) is 1.43. The number of piperidine rings is 1. The lowest BCUT2D eigenvalue weighted by molar-refractivity contribution is -0.138. The second-order valence-electron chi connectivity index (χ2n) is 10.3. The van der Waals surface area contributed by atoms with Gasteiger partial charge in [0.25, 0.3) is 5.91 Å². The van der Waals surface area contributed by atoms with E-state index in [1.54, 1.807) is 0 Å². The third-order valence-electron chi connectivity index (χ3n) is 8.15. The zero-order chi connectivity index (χ0) is 20.8. The molecular formula is C24H33N3O3. The Morgan fingerprint density at radius 1 is 1.13 bits per heavy atom. The number of anilines is 1. The molecule has 1 aromatic rings. The van der Waals surface area contributed by atoms with Gasteiger partial charge in [-0.05, 0) is 93.6 Å². The van der Waals surface area contributed by atoms with Crippen molar-refractivity contribution in [3.63, 3.8) is 0 Å². The molecule has 5 aliphatic rings. The minimum Gasteiger partial charge on any atom is -0.481 e. The first-order valence-corrected chi connectivity index (χ1v) is 11.7. The van der Waals surface area contributed by atoms with Gasteiger partial charge in [0.15, 0.2) is 0 Å². The maximum absolute atomic E-state index is 13.1. The molecule has 0 radical (unpaired) electrons. The van der Waals surface area contributed by atoms with Crippen LogP contribution >= 0.6 is 0 Å². The number of aryl methyl sites for hydroxylation is 1. The number of carbonyl (C=O) groups is 2. The van der Waals surface area contributed by atoms with Crippen molar-refractivity contribution in [1.29, 1.82) is 0 Å². The van der Waals surface area contributed by atoms with Crippen LogP contribution in [0.1, 0.15) is 67.4 Å². The van der Waals surface area contributed by atoms with Gasteiger partial charge in [0, 0.05) is 25.6 Å². The Hall–Kier alpha value is -2.11. The van der Waals surface area contributed by atoms with Gasteiger partial charge in [-0.3, -0.25) is 9.59 Å². The molecular weight excluding hydrogens is 378 g/mol. The van der Waals surface area contributed by atoms with Crippen molar-refractivity contribution < 1.29 is 14.7 Å². The highest BCUT2D eigenvalue weighted by molar-refractivity contribution is 5.95. The second kappa shape index (κ2) is 7.86. The number of carbonyl (C=O) groups excluding carboxylic acids is 1. The lowest BCUT2D eigenvalue weighted by Gasteiger charge is -2.54. The third-order valence-corrected chi connectivity index (χ3v) is 8.15. The Labute approximate surface area is 178 Å². The van der Waals surface area contributed by atoms with Gasteiger partial charge >= 0.3 is 5.97 Å². The highest BCUT2D eigenvalue weighted by atomic mass is 16.4. The van der Waals surface area contributed by atoms with E-state index in [0.29, 0.717) is 23.4 Å². The van der Waals surface area contributed by atoms with Crippen LogP contribution in [-0.4, -0.2) is 41.1 Å². The molecule has 4 saturated carbocycles. The fourth-order valence-corrected chi connectivity index (χ4v) is 7.04. The summed E-state index contributed by atoms with van der Waals surface area (Å²) in [5, 5.41) is 12.5. The van der Waals surface area contributed by atoms with Gasteiger partial charge in [-0.2, -0.15) is 0 Å². The molecule has 4 bridgehead atoms. The minimum absolute atomic E-state index is 0.0198. The molecule has 30 heavy (non-hydrogen) atoms. The number of pyridine rings is 1. The number of hydrogen-bond acceptors (Lipinski definition) is 4. The van der Waals surface area contributed by atoms with E-state index >= 15 is 0 Å². The van der Waals surface area contributed by atoms with Crippen LogP contribution in [0.2, 0.25) is 0 Å². The van der Waals surface area contributed by atoms with E-state index in [9.17, 15) is 9.59 Å². The largest absolute Gasteiger partial charge is 0.481 e. The average molecular weight is 412 g/mol. The van der Waals surface area contributed by atoms with Crippen molar-refractivity contribution >= 4 is 17.7 Å². The van der Waals surface area contributed by atoms with Crippen LogP contribution in [0, 0.1) is 36.5 Å². The first kappa shape index (κ1) is 19.8. The summed E-state index contributed by atoms with van der Waals surface area (Å²) in [4.78, 5) is 31.1. The predicted molar refractivity (Wildman–Crippen MR) is 114 cm³/mol. The highest BCUT2D eigenvalue weighted by Gasteiger charge is 2.48. The summed E-state index contributed by atoms with van der Waals surface area (Å²) in [6.07, 6.45) is 8.73. The highest BCUT2D eigenvalue weighted by Crippen LogP contribution is 2.53. The monoisotopic (exact) mass is 411 g/mol. The van der Waals surface area contributed by atoms with Crippen molar-refractivity contribution in [2.45, 2.75) is 64.3 Å². The summed E-state index contributed by atoms with van der Waals surface area (Å²) in [7, 11) is 0. The van der Waals surface area contributed by atoms with Gasteiger partial charge in [0.05, 0.1) is 11.3 Å². The fraction of sp³-hybridized carbons (Fsp3) is 0.708. The van der Waals surface area contributed by atoms with Gasteiger partial charge < -0.3 is 15.3 Å². The molecule has 0 spiro atoms. The Morgan fingerprint density at radius 3 is 2.47 bits per heavy atom. The number of aromatic nitrogens is 1. The lowest BCUT2D eigenvalue weighted by atomic mass is 9.54. The van der Waals surface area contributed by atoms with Gasteiger partial charge in [-0.25, -0.2) is 4.98 Å². The Balaban J connectivity index is 1.26. The summed E-state index contributed by atoms with van der Waals surface area (Å²) >= 11 is 0. The zero-order valence-electron chi connectivity index (χ0n) is 17.8. The molecule has 0 aromatic carbocycles. The van der Waals surface area contributed by atoms with Crippen LogP contribution in [0.5, 0.6) is 0 Å². The molecule has 6 rings (SSSR count). The van der Waals surface area contributed by atoms with Crippen molar-refractivity contribution in [2.24, 2.45) is 29.6 Å². The Morgan fingerprint density at radius 2 is 1.83 bits per heavy atom. The second-order valence-corrected chi connectivity index (χ2v) is 10.3. The minimum atomic E-state index is -0.734. The van der Waals surface area contributed by atoms with Gasteiger partial charge in [-0.1, -0.05) is 0 Å². The van der Waals surface area contributed by atoms with Crippen LogP contribution in [0.4, 0.5) is 5.82 Å². The van der Waals surface area contributed by atoms with Crippen molar-refractivity contribution in [2.75, 3.05) is 18.0 Å². The van der Waals surface area contributed by atoms with Gasteiger partial charge in [-0.15, -0.1) is 0 Å². The first-order chi connectivity index (χ1) is 14.5. The number of nitrogens with one attached hydrogen (secondary N) is 1. The molecule has 2 heterocycles. The first-order valence-electron chi connectivity index (χ1n) is 11.7. The van der Waals surface area contributed by atoms with E-state index in [4.69, 9.17) is 10.1 Å². The molecule has 1 aromatic heterocycles. The Bertz CT molecular complexity index is 811. The van der Waals surface area contributed by atoms with E-state index in [2.05, 4.69) is 10.2 Å². The predicted octanol–water partition coefficient (Wildman–Crippen LogP) is 3.64. The molecule has 1 aliphatic heterocycles. The van der Waals surface area contributed by atoms with E-state index < -0.39 is 5.97 Å². The van der Waals surface area contributed by atoms with E-state index in [1.165, 1.54) is 32.1 Å². The van der Waals surface area contributed by atoms with E-state index in [-0.39, 0.29) is 18.2 Å². The molecule has 162 valence electrons. The van der Waals surface area contributed by atoms with Gasteiger partial charge in [0.1, 0.15) is 5.82 Å². The maximum Gasteiger partial charge on any atom is 0.303 e. The Kier molecular flexibility index (Phi) is 5.19. The molecule has 5 fully saturated rings. The maximum atomic E-state index is 13.1. The average Bonchev–Trinajstić information content (AvgIpc) is 2.69. The van der Waals surface area contributed by atoms with E-state index in [0.717, 1.165) is 49.3 Å². The van der Waals surface area contributed by atoms with Crippen molar-refractivity contribution in [1.82, 2.24) is 10.3 Å². The number of nitrogens with zero attached hydrogens (tertiary/aromatic N) is 2. The summed E-state index contributed by atoms with van der Waals surface area (Å²) in [5.74, 6) is 3.44. The smallest absolute Gasteiger partial charge is 0.303 e. The number of carboxylic acid groups (broad SMARTS) is 1. The number of aliphatic carboxylic acids is 1. The molecule has 6 nitrogen and oxygen atoms in total. The molecule has 4 aliphatic carbocycles. The molecule has 1 atom stereocenters. The number of rotatable bonds is 5. The topological polar surface area (TPSA) is 82.5 Å². The summed E-state index contributed by atoms with van der Waals surface area (Å²) < 4.78 is 0. The van der Waals surface area contributed by atoms with Crippen molar-refractivity contribution in [3.8, 4) is 0 Å². The van der Waals surface area contributed by atoms with Crippen LogP contribution in [0.25, 0.3) is 0 Å². The van der Waals surface area contributed by atoms with Crippen LogP contribution in [-0.2, 0) is 4.79 Å². The van der Waals surface area contributed by atoms with Crippen LogP contribution < -0.4 is 10.2 Å². The SMILES string of the molecule is Cc1nc(N2CCC[C@@H](CC(=O)O)C2)ccc1C(=O)NC1C2CC3CC(C2)CC1C3. The number of amides is 1. The lowest BCUT2D eigenvalue weighted by Crippen LogP contribution is -2.55.